The maximum atomic E-state index is 12.0. The zero-order valence-corrected chi connectivity index (χ0v) is 10.7. The Balaban J connectivity index is 2.06. The molecule has 1 amide bonds. The van der Waals surface area contributed by atoms with E-state index in [0.717, 1.165) is 12.8 Å². The van der Waals surface area contributed by atoms with Crippen LogP contribution >= 0.6 is 0 Å². The minimum Gasteiger partial charge on any atom is -0.444 e. The molecule has 5 heteroatoms. The molecule has 1 saturated carbocycles. The molecule has 3 aliphatic rings. The van der Waals surface area contributed by atoms with Gasteiger partial charge in [0.15, 0.2) is 0 Å². The van der Waals surface area contributed by atoms with E-state index in [-0.39, 0.29) is 24.1 Å². The van der Waals surface area contributed by atoms with E-state index in [9.17, 15) is 9.90 Å². The zero-order chi connectivity index (χ0) is 12.8. The molecule has 3 N–H and O–H groups in total. The van der Waals surface area contributed by atoms with Crippen LogP contribution in [0.2, 0.25) is 0 Å². The quantitative estimate of drug-likeness (QED) is 0.656. The normalized spacial score (nSPS) is 37.1. The van der Waals surface area contributed by atoms with Gasteiger partial charge < -0.3 is 20.5 Å². The van der Waals surface area contributed by atoms with Gasteiger partial charge in [-0.15, -0.1) is 0 Å². The molecular weight excluding hydrogens is 220 g/mol. The second-order valence-corrected chi connectivity index (χ2v) is 6.11. The second kappa shape index (κ2) is 4.14. The number of amides is 1. The first-order valence-electron chi connectivity index (χ1n) is 6.23. The van der Waals surface area contributed by atoms with Crippen molar-refractivity contribution in [3.63, 3.8) is 0 Å². The third-order valence-electron chi connectivity index (χ3n) is 3.61. The van der Waals surface area contributed by atoms with Crippen LogP contribution in [0.4, 0.5) is 4.79 Å². The van der Waals surface area contributed by atoms with Gasteiger partial charge in [-0.1, -0.05) is 0 Å². The van der Waals surface area contributed by atoms with Crippen LogP contribution < -0.4 is 5.73 Å². The fraction of sp³-hybridized carbons (Fsp3) is 0.917. The molecule has 17 heavy (non-hydrogen) atoms. The zero-order valence-electron chi connectivity index (χ0n) is 10.7. The lowest BCUT2D eigenvalue weighted by Gasteiger charge is -2.51. The maximum absolute atomic E-state index is 12.0. The lowest BCUT2D eigenvalue weighted by atomic mass is 9.75. The summed E-state index contributed by atoms with van der Waals surface area (Å²) in [5.41, 5.74) is 5.47. The minimum absolute atomic E-state index is 0.0788. The number of aliphatic hydroxyl groups is 1. The summed E-state index contributed by atoms with van der Waals surface area (Å²) in [6.07, 6.45) is 1.02. The molecular formula is C12H22N2O3. The van der Waals surface area contributed by atoms with Gasteiger partial charge in [0.2, 0.25) is 0 Å². The average molecular weight is 242 g/mol. The molecule has 0 unspecified atom stereocenters. The predicted octanol–water partition coefficient (Wildman–Crippen LogP) is 0.704. The average Bonchev–Trinajstić information content (AvgIpc) is 2.22. The highest BCUT2D eigenvalue weighted by molar-refractivity contribution is 5.69. The van der Waals surface area contributed by atoms with E-state index in [1.54, 1.807) is 4.90 Å². The van der Waals surface area contributed by atoms with Gasteiger partial charge in [0.25, 0.3) is 0 Å². The molecule has 5 nitrogen and oxygen atoms in total. The molecule has 2 saturated heterocycles. The number of hydrogen-bond donors (Lipinski definition) is 2. The number of rotatable bonds is 0. The van der Waals surface area contributed by atoms with Crippen molar-refractivity contribution in [2.75, 3.05) is 6.54 Å². The minimum atomic E-state index is -0.490. The summed E-state index contributed by atoms with van der Waals surface area (Å²) in [7, 11) is 0. The van der Waals surface area contributed by atoms with Crippen molar-refractivity contribution in [2.45, 2.75) is 57.4 Å². The molecule has 3 rings (SSSR count). The Labute approximate surface area is 102 Å². The molecule has 2 heterocycles. The van der Waals surface area contributed by atoms with Gasteiger partial charge in [-0.3, -0.25) is 0 Å². The van der Waals surface area contributed by atoms with E-state index in [0.29, 0.717) is 6.54 Å². The van der Waals surface area contributed by atoms with Gasteiger partial charge in [-0.05, 0) is 33.6 Å². The number of aliphatic hydroxyl groups excluding tert-OH is 1. The van der Waals surface area contributed by atoms with Gasteiger partial charge in [-0.25, -0.2) is 4.79 Å². The first kappa shape index (κ1) is 12.6. The van der Waals surface area contributed by atoms with Gasteiger partial charge in [0.1, 0.15) is 5.60 Å². The molecule has 0 spiro atoms. The van der Waals surface area contributed by atoms with Crippen molar-refractivity contribution in [3.8, 4) is 0 Å². The fourth-order valence-corrected chi connectivity index (χ4v) is 2.77. The number of nitrogens with zero attached hydrogens (tertiary/aromatic N) is 1. The summed E-state index contributed by atoms with van der Waals surface area (Å²) in [4.78, 5) is 13.7. The highest BCUT2D eigenvalue weighted by atomic mass is 16.6. The van der Waals surface area contributed by atoms with Crippen LogP contribution in [0.3, 0.4) is 0 Å². The Morgan fingerprint density at radius 1 is 1.41 bits per heavy atom. The molecule has 4 atom stereocenters. The van der Waals surface area contributed by atoms with Crippen LogP contribution in [0.5, 0.6) is 0 Å². The Bertz CT molecular complexity index is 311. The smallest absolute Gasteiger partial charge is 0.410 e. The van der Waals surface area contributed by atoms with E-state index in [2.05, 4.69) is 0 Å². The monoisotopic (exact) mass is 242 g/mol. The second-order valence-electron chi connectivity index (χ2n) is 6.11. The molecule has 0 aromatic carbocycles. The summed E-state index contributed by atoms with van der Waals surface area (Å²) >= 11 is 0. The molecule has 1 aliphatic carbocycles. The van der Waals surface area contributed by atoms with E-state index in [1.807, 2.05) is 20.8 Å². The first-order chi connectivity index (χ1) is 7.79. The number of piperidine rings is 2. The maximum Gasteiger partial charge on any atom is 0.410 e. The Kier molecular flexibility index (Phi) is 3.08. The van der Waals surface area contributed by atoms with Crippen LogP contribution in [0.15, 0.2) is 0 Å². The van der Waals surface area contributed by atoms with E-state index in [1.165, 1.54) is 0 Å². The number of fused-ring (bicyclic) bond motifs is 3. The lowest BCUT2D eigenvalue weighted by Crippen LogP contribution is -2.67. The van der Waals surface area contributed by atoms with Crippen LogP contribution in [-0.4, -0.2) is 46.4 Å². The molecule has 2 aliphatic heterocycles. The third kappa shape index (κ3) is 2.40. The summed E-state index contributed by atoms with van der Waals surface area (Å²) < 4.78 is 5.36. The number of carbonyl (C=O) groups excluding carboxylic acids is 1. The molecule has 2 bridgehead atoms. The predicted molar refractivity (Wildman–Crippen MR) is 63.4 cm³/mol. The lowest BCUT2D eigenvalue weighted by molar-refractivity contribution is -0.0711. The first-order valence-corrected chi connectivity index (χ1v) is 6.23. The highest BCUT2D eigenvalue weighted by Crippen LogP contribution is 2.35. The van der Waals surface area contributed by atoms with Crippen molar-refractivity contribution in [2.24, 2.45) is 11.7 Å². The number of nitrogens with two attached hydrogens (primary N) is 1. The van der Waals surface area contributed by atoms with Crippen LogP contribution in [0, 0.1) is 5.92 Å². The van der Waals surface area contributed by atoms with Crippen LogP contribution in [-0.2, 0) is 4.74 Å². The SMILES string of the molecule is CC(C)(C)OC(=O)N1C[C@H]2CC[C@H]1[C@H](N)[C@H]2O. The number of hydrogen-bond acceptors (Lipinski definition) is 4. The fourth-order valence-electron chi connectivity index (χ4n) is 2.77. The number of carbonyl (C=O) groups is 1. The van der Waals surface area contributed by atoms with E-state index >= 15 is 0 Å². The topological polar surface area (TPSA) is 75.8 Å². The summed E-state index contributed by atoms with van der Waals surface area (Å²) in [6, 6.07) is -0.417. The molecule has 98 valence electrons. The van der Waals surface area contributed by atoms with Crippen molar-refractivity contribution in [1.29, 1.82) is 0 Å². The number of ether oxygens (including phenoxy) is 1. The van der Waals surface area contributed by atoms with Gasteiger partial charge in [0, 0.05) is 12.5 Å². The summed E-state index contributed by atoms with van der Waals surface area (Å²) in [5, 5.41) is 9.90. The highest BCUT2D eigenvalue weighted by Gasteiger charge is 2.47. The van der Waals surface area contributed by atoms with Crippen molar-refractivity contribution >= 4 is 6.09 Å². The van der Waals surface area contributed by atoms with Crippen LogP contribution in [0.25, 0.3) is 0 Å². The largest absolute Gasteiger partial charge is 0.444 e. The Morgan fingerprint density at radius 2 is 2.06 bits per heavy atom. The van der Waals surface area contributed by atoms with Crippen molar-refractivity contribution < 1.29 is 14.6 Å². The summed E-state index contributed by atoms with van der Waals surface area (Å²) in [5.74, 6) is 0.0996. The van der Waals surface area contributed by atoms with Crippen molar-refractivity contribution in [1.82, 2.24) is 4.90 Å². The Morgan fingerprint density at radius 3 is 2.59 bits per heavy atom. The third-order valence-corrected chi connectivity index (χ3v) is 3.61. The standard InChI is InChI=1S/C12H22N2O3/c1-12(2,3)17-11(16)14-6-7-4-5-8(14)9(13)10(7)15/h7-10,15H,4-6,13H2,1-3H3/t7-,8+,9+,10+/m1/s1. The molecule has 0 radical (unpaired) electrons. The molecule has 3 fully saturated rings. The van der Waals surface area contributed by atoms with E-state index in [4.69, 9.17) is 10.5 Å². The van der Waals surface area contributed by atoms with Gasteiger partial charge in [-0.2, -0.15) is 0 Å². The molecule has 0 aromatic rings. The van der Waals surface area contributed by atoms with Crippen molar-refractivity contribution in [3.05, 3.63) is 0 Å². The van der Waals surface area contributed by atoms with Gasteiger partial charge >= 0.3 is 6.09 Å². The summed E-state index contributed by atoms with van der Waals surface area (Å²) in [6.45, 7) is 6.11. The van der Waals surface area contributed by atoms with Gasteiger partial charge in [0.05, 0.1) is 18.2 Å². The molecule has 0 aromatic heterocycles. The van der Waals surface area contributed by atoms with Crippen LogP contribution in [0.1, 0.15) is 33.6 Å². The van der Waals surface area contributed by atoms with E-state index < -0.39 is 11.7 Å². The Hall–Kier alpha value is -0.810.